The molecule has 0 atom stereocenters. The number of hydrogen-bond acceptors (Lipinski definition) is 3. The molecule has 0 amide bonds. The predicted octanol–water partition coefficient (Wildman–Crippen LogP) is 2.31. The third kappa shape index (κ3) is 5.69. The van der Waals surface area contributed by atoms with E-state index >= 15 is 0 Å². The lowest BCUT2D eigenvalue weighted by Crippen LogP contribution is -2.31. The van der Waals surface area contributed by atoms with Crippen LogP contribution in [0.2, 0.25) is 0 Å². The number of likely N-dealkylation sites (N-methyl/N-ethyl adjacent to an activating group) is 1. The Bertz CT molecular complexity index is 493. The molecular weight excluding hydrogens is 264 g/mol. The summed E-state index contributed by atoms with van der Waals surface area (Å²) in [7, 11) is 2.13. The van der Waals surface area contributed by atoms with Crippen molar-refractivity contribution in [2.45, 2.75) is 19.4 Å². The van der Waals surface area contributed by atoms with E-state index in [1.165, 1.54) is 37.6 Å². The molecule has 2 rings (SSSR count). The van der Waals surface area contributed by atoms with E-state index in [2.05, 4.69) is 22.9 Å². The van der Waals surface area contributed by atoms with Gasteiger partial charge in [0.15, 0.2) is 0 Å². The number of rotatable bonds is 7. The molecule has 1 aliphatic rings. The van der Waals surface area contributed by atoms with E-state index in [4.69, 9.17) is 5.11 Å². The zero-order chi connectivity index (χ0) is 15.1. The molecule has 4 heteroatoms. The Balaban J connectivity index is 1.83. The Morgan fingerprint density at radius 3 is 2.86 bits per heavy atom. The molecule has 0 spiro atoms. The Hall–Kier alpha value is -1.65. The van der Waals surface area contributed by atoms with E-state index in [1.807, 2.05) is 18.2 Å². The molecule has 1 heterocycles. The highest BCUT2D eigenvalue weighted by molar-refractivity contribution is 5.85. The van der Waals surface area contributed by atoms with E-state index in [9.17, 15) is 4.79 Å². The average Bonchev–Trinajstić information content (AvgIpc) is 2.97. The Labute approximate surface area is 126 Å². The second-order valence-electron chi connectivity index (χ2n) is 5.70. The molecule has 0 bridgehead atoms. The van der Waals surface area contributed by atoms with Crippen LogP contribution in [0.3, 0.4) is 0 Å². The molecule has 21 heavy (non-hydrogen) atoms. The van der Waals surface area contributed by atoms with Crippen LogP contribution in [0.5, 0.6) is 0 Å². The van der Waals surface area contributed by atoms with Crippen LogP contribution in [-0.2, 0) is 11.3 Å². The van der Waals surface area contributed by atoms with Crippen LogP contribution < -0.4 is 0 Å². The van der Waals surface area contributed by atoms with Gasteiger partial charge in [-0.3, -0.25) is 0 Å². The first-order chi connectivity index (χ1) is 10.1. The molecule has 0 unspecified atom stereocenters. The topological polar surface area (TPSA) is 43.8 Å². The van der Waals surface area contributed by atoms with Gasteiger partial charge in [-0.15, -0.1) is 0 Å². The smallest absolute Gasteiger partial charge is 0.328 e. The zero-order valence-electron chi connectivity index (χ0n) is 12.7. The second kappa shape index (κ2) is 7.96. The van der Waals surface area contributed by atoms with Crippen LogP contribution >= 0.6 is 0 Å². The highest BCUT2D eigenvalue weighted by Crippen LogP contribution is 2.10. The normalized spacial score (nSPS) is 16.1. The molecule has 0 saturated carbocycles. The predicted molar refractivity (Wildman–Crippen MR) is 85.1 cm³/mol. The molecule has 1 aromatic carbocycles. The molecular formula is C17H24N2O2. The lowest BCUT2D eigenvalue weighted by atomic mass is 10.1. The third-order valence-corrected chi connectivity index (χ3v) is 3.82. The minimum atomic E-state index is -0.914. The number of carboxylic acids is 1. The largest absolute Gasteiger partial charge is 0.478 e. The lowest BCUT2D eigenvalue weighted by Gasteiger charge is -2.21. The van der Waals surface area contributed by atoms with Crippen molar-refractivity contribution in [3.05, 3.63) is 41.5 Å². The van der Waals surface area contributed by atoms with Crippen molar-refractivity contribution >= 4 is 12.0 Å². The maximum absolute atomic E-state index is 10.5. The molecule has 1 saturated heterocycles. The highest BCUT2D eigenvalue weighted by atomic mass is 16.4. The van der Waals surface area contributed by atoms with Crippen LogP contribution in [0.15, 0.2) is 30.3 Å². The number of likely N-dealkylation sites (tertiary alicyclic amines) is 1. The number of benzene rings is 1. The Kier molecular flexibility index (Phi) is 5.96. The summed E-state index contributed by atoms with van der Waals surface area (Å²) >= 11 is 0. The summed E-state index contributed by atoms with van der Waals surface area (Å²) in [6.07, 6.45) is 5.48. The van der Waals surface area contributed by atoms with Gasteiger partial charge in [-0.25, -0.2) is 4.79 Å². The molecule has 1 fully saturated rings. The summed E-state index contributed by atoms with van der Waals surface area (Å²) in [5.41, 5.74) is 2.15. The van der Waals surface area contributed by atoms with Crippen LogP contribution in [0.1, 0.15) is 24.0 Å². The van der Waals surface area contributed by atoms with Gasteiger partial charge in [0, 0.05) is 25.7 Å². The summed E-state index contributed by atoms with van der Waals surface area (Å²) in [6, 6.07) is 8.04. The molecule has 1 aliphatic heterocycles. The van der Waals surface area contributed by atoms with Crippen molar-refractivity contribution in [3.8, 4) is 0 Å². The maximum atomic E-state index is 10.5. The fourth-order valence-corrected chi connectivity index (χ4v) is 2.67. The van der Waals surface area contributed by atoms with Gasteiger partial charge in [0.05, 0.1) is 0 Å². The fourth-order valence-electron chi connectivity index (χ4n) is 2.67. The van der Waals surface area contributed by atoms with Gasteiger partial charge in [-0.05, 0) is 50.2 Å². The number of hydrogen-bond donors (Lipinski definition) is 1. The molecule has 4 nitrogen and oxygen atoms in total. The minimum absolute atomic E-state index is 0.891. The number of carbonyl (C=O) groups is 1. The summed E-state index contributed by atoms with van der Waals surface area (Å²) in [5.74, 6) is -0.914. The van der Waals surface area contributed by atoms with Gasteiger partial charge in [0.25, 0.3) is 0 Å². The van der Waals surface area contributed by atoms with Gasteiger partial charge < -0.3 is 14.9 Å². The number of aliphatic carboxylic acids is 1. The first-order valence-corrected chi connectivity index (χ1v) is 7.54. The first-order valence-electron chi connectivity index (χ1n) is 7.54. The molecule has 1 aromatic rings. The SMILES string of the molecule is CN(CCN1CCCC1)Cc1cccc(C=CC(=O)O)c1. The Morgan fingerprint density at radius 2 is 2.14 bits per heavy atom. The molecule has 1 N–H and O–H groups in total. The van der Waals surface area contributed by atoms with Crippen molar-refractivity contribution in [2.75, 3.05) is 33.2 Å². The van der Waals surface area contributed by atoms with Gasteiger partial charge in [-0.2, -0.15) is 0 Å². The van der Waals surface area contributed by atoms with Crippen molar-refractivity contribution in [1.82, 2.24) is 9.80 Å². The third-order valence-electron chi connectivity index (χ3n) is 3.82. The molecule has 0 aromatic heterocycles. The minimum Gasteiger partial charge on any atom is -0.478 e. The van der Waals surface area contributed by atoms with Crippen molar-refractivity contribution < 1.29 is 9.90 Å². The van der Waals surface area contributed by atoms with E-state index in [0.717, 1.165) is 25.2 Å². The molecule has 0 aliphatic carbocycles. The van der Waals surface area contributed by atoms with Crippen molar-refractivity contribution in [2.24, 2.45) is 0 Å². The van der Waals surface area contributed by atoms with E-state index in [0.29, 0.717) is 0 Å². The quantitative estimate of drug-likeness (QED) is 0.782. The van der Waals surface area contributed by atoms with E-state index < -0.39 is 5.97 Å². The van der Waals surface area contributed by atoms with Gasteiger partial charge in [0.2, 0.25) is 0 Å². The van der Waals surface area contributed by atoms with Gasteiger partial charge in [0.1, 0.15) is 0 Å². The highest BCUT2D eigenvalue weighted by Gasteiger charge is 2.11. The first kappa shape index (κ1) is 15.7. The average molecular weight is 288 g/mol. The van der Waals surface area contributed by atoms with Crippen LogP contribution in [0.4, 0.5) is 0 Å². The van der Waals surface area contributed by atoms with Gasteiger partial charge >= 0.3 is 5.97 Å². The number of carboxylic acid groups (broad SMARTS) is 1. The van der Waals surface area contributed by atoms with Gasteiger partial charge in [-0.1, -0.05) is 24.3 Å². The Morgan fingerprint density at radius 1 is 1.38 bits per heavy atom. The summed E-state index contributed by atoms with van der Waals surface area (Å²) in [5, 5.41) is 8.66. The molecule has 114 valence electrons. The van der Waals surface area contributed by atoms with Crippen LogP contribution in [0.25, 0.3) is 6.08 Å². The van der Waals surface area contributed by atoms with Crippen molar-refractivity contribution in [3.63, 3.8) is 0 Å². The number of nitrogens with zero attached hydrogens (tertiary/aromatic N) is 2. The maximum Gasteiger partial charge on any atom is 0.328 e. The monoisotopic (exact) mass is 288 g/mol. The fraction of sp³-hybridized carbons (Fsp3) is 0.471. The second-order valence-corrected chi connectivity index (χ2v) is 5.70. The van der Waals surface area contributed by atoms with E-state index in [-0.39, 0.29) is 0 Å². The zero-order valence-corrected chi connectivity index (χ0v) is 12.7. The standard InChI is InChI=1S/C17H24N2O2/c1-18(11-12-19-9-2-3-10-19)14-16-6-4-5-15(13-16)7-8-17(20)21/h4-8,13H,2-3,9-12,14H2,1H3,(H,20,21). The summed E-state index contributed by atoms with van der Waals surface area (Å²) in [6.45, 7) is 5.57. The molecule has 0 radical (unpaired) electrons. The van der Waals surface area contributed by atoms with Crippen molar-refractivity contribution in [1.29, 1.82) is 0 Å². The van der Waals surface area contributed by atoms with Crippen LogP contribution in [0, 0.1) is 0 Å². The summed E-state index contributed by atoms with van der Waals surface area (Å²) in [4.78, 5) is 15.4. The van der Waals surface area contributed by atoms with E-state index in [1.54, 1.807) is 6.08 Å². The summed E-state index contributed by atoms with van der Waals surface area (Å²) < 4.78 is 0. The van der Waals surface area contributed by atoms with Crippen LogP contribution in [-0.4, -0.2) is 54.1 Å². The lowest BCUT2D eigenvalue weighted by molar-refractivity contribution is -0.131.